The Bertz CT molecular complexity index is 1280. The van der Waals surface area contributed by atoms with Crippen LogP contribution in [0.15, 0.2) is 77.7 Å². The van der Waals surface area contributed by atoms with Gasteiger partial charge < -0.3 is 14.8 Å². The lowest BCUT2D eigenvalue weighted by Gasteiger charge is -2.12. The summed E-state index contributed by atoms with van der Waals surface area (Å²) in [6.07, 6.45) is 1.75. The number of sulfonamides is 1. The Kier molecular flexibility index (Phi) is 9.61. The van der Waals surface area contributed by atoms with Gasteiger partial charge >= 0.3 is 5.97 Å². The molecule has 0 spiro atoms. The molecule has 1 amide bonds. The predicted octanol–water partition coefficient (Wildman–Crippen LogP) is 4.45. The summed E-state index contributed by atoms with van der Waals surface area (Å²) in [5.41, 5.74) is 2.35. The Morgan fingerprint density at radius 1 is 0.944 bits per heavy atom. The number of hydrogen-bond donors (Lipinski definition) is 2. The standard InChI is InChI=1S/C27H30N2O6S/c1-3-4-16-34-27(31)22-10-12-23(13-11-22)29-26(30)19-35-25-15-14-24(17-20(25)2)36(32,33)28-18-21-8-6-5-7-9-21/h5-15,17,28H,3-4,16,18-19H2,1-2H3,(H,29,30). The molecule has 3 rings (SSSR count). The van der Waals surface area contributed by atoms with Gasteiger partial charge in [0.05, 0.1) is 17.1 Å². The number of nitrogens with one attached hydrogen (secondary N) is 2. The van der Waals surface area contributed by atoms with Crippen LogP contribution >= 0.6 is 0 Å². The first kappa shape index (κ1) is 26.9. The highest BCUT2D eigenvalue weighted by Gasteiger charge is 2.16. The van der Waals surface area contributed by atoms with Crippen molar-refractivity contribution in [1.29, 1.82) is 0 Å². The molecule has 0 atom stereocenters. The SMILES string of the molecule is CCCCOC(=O)c1ccc(NC(=O)COc2ccc(S(=O)(=O)NCc3ccccc3)cc2C)cc1. The van der Waals surface area contributed by atoms with Crippen LogP contribution in [0.4, 0.5) is 5.69 Å². The highest BCUT2D eigenvalue weighted by molar-refractivity contribution is 7.89. The quantitative estimate of drug-likeness (QED) is 0.275. The zero-order valence-corrected chi connectivity index (χ0v) is 21.1. The Morgan fingerprint density at radius 3 is 2.33 bits per heavy atom. The zero-order chi connectivity index (χ0) is 26.0. The highest BCUT2D eigenvalue weighted by Crippen LogP contribution is 2.22. The summed E-state index contributed by atoms with van der Waals surface area (Å²) < 4.78 is 38.6. The van der Waals surface area contributed by atoms with E-state index < -0.39 is 21.9 Å². The largest absolute Gasteiger partial charge is 0.483 e. The Hall–Kier alpha value is -3.69. The third-order valence-corrected chi connectivity index (χ3v) is 6.66. The molecule has 0 aromatic heterocycles. The van der Waals surface area contributed by atoms with Crippen molar-refractivity contribution in [2.24, 2.45) is 0 Å². The molecule has 3 aromatic rings. The number of ether oxygens (including phenoxy) is 2. The maximum atomic E-state index is 12.6. The molecule has 0 heterocycles. The second kappa shape index (κ2) is 12.9. The molecule has 36 heavy (non-hydrogen) atoms. The summed E-state index contributed by atoms with van der Waals surface area (Å²) in [5.74, 6) is -0.396. The second-order valence-corrected chi connectivity index (χ2v) is 9.91. The summed E-state index contributed by atoms with van der Waals surface area (Å²) >= 11 is 0. The van der Waals surface area contributed by atoms with Crippen LogP contribution in [0, 0.1) is 6.92 Å². The van der Waals surface area contributed by atoms with Gasteiger partial charge in [0.25, 0.3) is 5.91 Å². The maximum Gasteiger partial charge on any atom is 0.338 e. The van der Waals surface area contributed by atoms with Crippen LogP contribution in [0.3, 0.4) is 0 Å². The van der Waals surface area contributed by atoms with Crippen molar-refractivity contribution >= 4 is 27.6 Å². The van der Waals surface area contributed by atoms with E-state index in [1.807, 2.05) is 37.3 Å². The molecular formula is C27H30N2O6S. The molecule has 0 aliphatic carbocycles. The minimum atomic E-state index is -3.70. The molecular weight excluding hydrogens is 480 g/mol. The topological polar surface area (TPSA) is 111 Å². The summed E-state index contributed by atoms with van der Waals surface area (Å²) in [6, 6.07) is 20.1. The molecule has 9 heteroatoms. The van der Waals surface area contributed by atoms with Crippen LogP contribution < -0.4 is 14.8 Å². The van der Waals surface area contributed by atoms with Gasteiger partial charge in [-0.25, -0.2) is 17.9 Å². The summed E-state index contributed by atoms with van der Waals surface area (Å²) in [7, 11) is -3.70. The third-order valence-electron chi connectivity index (χ3n) is 5.26. The van der Waals surface area contributed by atoms with Gasteiger partial charge in [-0.1, -0.05) is 43.7 Å². The molecule has 0 aliphatic rings. The van der Waals surface area contributed by atoms with Crippen molar-refractivity contribution in [3.63, 3.8) is 0 Å². The van der Waals surface area contributed by atoms with E-state index in [1.165, 1.54) is 18.2 Å². The van der Waals surface area contributed by atoms with Crippen LogP contribution in [0.1, 0.15) is 41.3 Å². The summed E-state index contributed by atoms with van der Waals surface area (Å²) in [4.78, 5) is 24.4. The molecule has 0 unspecified atom stereocenters. The normalized spacial score (nSPS) is 11.1. The van der Waals surface area contributed by atoms with Crippen molar-refractivity contribution in [2.75, 3.05) is 18.5 Å². The molecule has 0 saturated heterocycles. The molecule has 3 aromatic carbocycles. The fourth-order valence-electron chi connectivity index (χ4n) is 3.23. The van der Waals surface area contributed by atoms with E-state index in [9.17, 15) is 18.0 Å². The van der Waals surface area contributed by atoms with Crippen LogP contribution in [0.25, 0.3) is 0 Å². The van der Waals surface area contributed by atoms with E-state index in [-0.39, 0.29) is 18.0 Å². The lowest BCUT2D eigenvalue weighted by molar-refractivity contribution is -0.118. The lowest BCUT2D eigenvalue weighted by Crippen LogP contribution is -2.23. The Labute approximate surface area is 211 Å². The monoisotopic (exact) mass is 510 g/mol. The third kappa shape index (κ3) is 7.93. The summed E-state index contributed by atoms with van der Waals surface area (Å²) in [6.45, 7) is 4.02. The first-order valence-electron chi connectivity index (χ1n) is 11.6. The van der Waals surface area contributed by atoms with Crippen molar-refractivity contribution in [1.82, 2.24) is 4.72 Å². The minimum Gasteiger partial charge on any atom is -0.483 e. The fraction of sp³-hybridized carbons (Fsp3) is 0.259. The van der Waals surface area contributed by atoms with Gasteiger partial charge in [-0.2, -0.15) is 0 Å². The zero-order valence-electron chi connectivity index (χ0n) is 20.3. The van der Waals surface area contributed by atoms with E-state index in [2.05, 4.69) is 10.0 Å². The van der Waals surface area contributed by atoms with Crippen molar-refractivity contribution < 1.29 is 27.5 Å². The predicted molar refractivity (Wildman–Crippen MR) is 137 cm³/mol. The number of carbonyl (C=O) groups excluding carboxylic acids is 2. The van der Waals surface area contributed by atoms with Crippen LogP contribution in [0.5, 0.6) is 5.75 Å². The Morgan fingerprint density at radius 2 is 1.67 bits per heavy atom. The van der Waals surface area contributed by atoms with Crippen molar-refractivity contribution in [3.8, 4) is 5.75 Å². The molecule has 2 N–H and O–H groups in total. The van der Waals surface area contributed by atoms with Crippen LogP contribution in [-0.4, -0.2) is 33.5 Å². The maximum absolute atomic E-state index is 12.6. The number of carbonyl (C=O) groups is 2. The van der Waals surface area contributed by atoms with E-state index in [0.29, 0.717) is 29.2 Å². The highest BCUT2D eigenvalue weighted by atomic mass is 32.2. The van der Waals surface area contributed by atoms with Crippen molar-refractivity contribution in [2.45, 2.75) is 38.1 Å². The lowest BCUT2D eigenvalue weighted by atomic mass is 10.2. The molecule has 0 bridgehead atoms. The van der Waals surface area contributed by atoms with Gasteiger partial charge in [0, 0.05) is 12.2 Å². The minimum absolute atomic E-state index is 0.112. The molecule has 0 radical (unpaired) electrons. The smallest absolute Gasteiger partial charge is 0.338 e. The van der Waals surface area contributed by atoms with Crippen LogP contribution in [0.2, 0.25) is 0 Å². The number of benzene rings is 3. The van der Waals surface area contributed by atoms with E-state index >= 15 is 0 Å². The van der Waals surface area contributed by atoms with Gasteiger partial charge in [0.15, 0.2) is 6.61 Å². The average Bonchev–Trinajstić information content (AvgIpc) is 2.88. The average molecular weight is 511 g/mol. The summed E-state index contributed by atoms with van der Waals surface area (Å²) in [5, 5.41) is 2.70. The van der Waals surface area contributed by atoms with E-state index in [0.717, 1.165) is 18.4 Å². The number of rotatable bonds is 12. The number of esters is 1. The van der Waals surface area contributed by atoms with Crippen LogP contribution in [-0.2, 0) is 26.1 Å². The first-order valence-corrected chi connectivity index (χ1v) is 13.1. The molecule has 0 aliphatic heterocycles. The van der Waals surface area contributed by atoms with Gasteiger partial charge in [-0.3, -0.25) is 4.79 Å². The van der Waals surface area contributed by atoms with Gasteiger partial charge in [-0.05, 0) is 66.9 Å². The first-order chi connectivity index (χ1) is 17.3. The fourth-order valence-corrected chi connectivity index (χ4v) is 4.33. The molecule has 0 saturated carbocycles. The van der Waals surface area contributed by atoms with Crippen molar-refractivity contribution in [3.05, 3.63) is 89.5 Å². The second-order valence-electron chi connectivity index (χ2n) is 8.14. The van der Waals surface area contributed by atoms with Gasteiger partial charge in [0.2, 0.25) is 10.0 Å². The van der Waals surface area contributed by atoms with Gasteiger partial charge in [0.1, 0.15) is 5.75 Å². The Balaban J connectivity index is 1.51. The molecule has 8 nitrogen and oxygen atoms in total. The number of unbranched alkanes of at least 4 members (excludes halogenated alkanes) is 1. The molecule has 190 valence electrons. The number of aryl methyl sites for hydroxylation is 1. The number of hydrogen-bond acceptors (Lipinski definition) is 6. The number of anilines is 1. The van der Waals surface area contributed by atoms with E-state index in [4.69, 9.17) is 9.47 Å². The number of amides is 1. The molecule has 0 fully saturated rings. The van der Waals surface area contributed by atoms with E-state index in [1.54, 1.807) is 31.2 Å². The van der Waals surface area contributed by atoms with Gasteiger partial charge in [-0.15, -0.1) is 0 Å².